The Balaban J connectivity index is 1.41. The summed E-state index contributed by atoms with van der Waals surface area (Å²) in [5, 5.41) is 4.51. The zero-order chi connectivity index (χ0) is 24.7. The van der Waals surface area contributed by atoms with Crippen LogP contribution in [0.5, 0.6) is 5.75 Å². The summed E-state index contributed by atoms with van der Waals surface area (Å²) >= 11 is 0. The minimum Gasteiger partial charge on any atom is -0.497 e. The number of rotatable bonds is 7. The van der Waals surface area contributed by atoms with Gasteiger partial charge >= 0.3 is 12.0 Å². The van der Waals surface area contributed by atoms with Crippen LogP contribution in [0.2, 0.25) is 0 Å². The zero-order valence-corrected chi connectivity index (χ0v) is 19.1. The van der Waals surface area contributed by atoms with E-state index in [1.807, 2.05) is 0 Å². The molecule has 12 heteroatoms. The highest BCUT2D eigenvalue weighted by atomic mass is 32.2. The highest BCUT2D eigenvalue weighted by molar-refractivity contribution is 7.89. The molecule has 1 aliphatic rings. The number of hydrogen-bond donors (Lipinski definition) is 2. The number of nitrogens with zero attached hydrogens (tertiary/aromatic N) is 1. The normalized spacial score (nSPS) is 14.8. The van der Waals surface area contributed by atoms with E-state index in [2.05, 4.69) is 10.6 Å². The molecule has 0 radical (unpaired) electrons. The number of anilines is 1. The first-order valence-corrected chi connectivity index (χ1v) is 11.8. The smallest absolute Gasteiger partial charge is 0.325 e. The van der Waals surface area contributed by atoms with Gasteiger partial charge < -0.3 is 14.8 Å². The minimum absolute atomic E-state index is 0.0282. The summed E-state index contributed by atoms with van der Waals surface area (Å²) in [4.78, 5) is 36.1. The predicted molar refractivity (Wildman–Crippen MR) is 119 cm³/mol. The fourth-order valence-corrected chi connectivity index (χ4v) is 4.81. The second-order valence-corrected chi connectivity index (χ2v) is 9.41. The molecule has 182 valence electrons. The Hall–Kier alpha value is -3.51. The van der Waals surface area contributed by atoms with Crippen LogP contribution in [0, 0.1) is 11.7 Å². The van der Waals surface area contributed by atoms with Gasteiger partial charge in [-0.25, -0.2) is 17.6 Å². The summed E-state index contributed by atoms with van der Waals surface area (Å²) in [6.45, 7) is -0.491. The summed E-state index contributed by atoms with van der Waals surface area (Å²) < 4.78 is 49.6. The Labute approximate surface area is 196 Å². The molecule has 34 heavy (non-hydrogen) atoms. The van der Waals surface area contributed by atoms with Crippen molar-refractivity contribution < 1.29 is 36.7 Å². The van der Waals surface area contributed by atoms with Gasteiger partial charge in [-0.15, -0.1) is 0 Å². The number of halogens is 1. The van der Waals surface area contributed by atoms with Crippen molar-refractivity contribution in [2.24, 2.45) is 5.92 Å². The third-order valence-electron chi connectivity index (χ3n) is 5.19. The highest BCUT2D eigenvalue weighted by Crippen LogP contribution is 2.24. The Morgan fingerprint density at radius 3 is 2.24 bits per heavy atom. The molecule has 0 saturated carbocycles. The molecule has 0 bridgehead atoms. The lowest BCUT2D eigenvalue weighted by Gasteiger charge is -2.30. The zero-order valence-electron chi connectivity index (χ0n) is 18.3. The van der Waals surface area contributed by atoms with Crippen molar-refractivity contribution in [2.75, 3.05) is 32.1 Å². The van der Waals surface area contributed by atoms with Crippen LogP contribution in [-0.4, -0.2) is 57.4 Å². The van der Waals surface area contributed by atoms with Crippen LogP contribution < -0.4 is 15.4 Å². The van der Waals surface area contributed by atoms with E-state index in [1.165, 1.54) is 23.5 Å². The molecule has 2 N–H and O–H groups in total. The molecule has 1 aliphatic heterocycles. The maximum absolute atomic E-state index is 13.1. The lowest BCUT2D eigenvalue weighted by molar-refractivity contribution is -0.153. The Kier molecular flexibility index (Phi) is 8.18. The number of benzene rings is 2. The van der Waals surface area contributed by atoms with Crippen molar-refractivity contribution >= 4 is 33.6 Å². The first kappa shape index (κ1) is 25.1. The second kappa shape index (κ2) is 11.1. The second-order valence-electron chi connectivity index (χ2n) is 7.47. The number of esters is 1. The summed E-state index contributed by atoms with van der Waals surface area (Å²) in [6.07, 6.45) is 0.414. The van der Waals surface area contributed by atoms with Gasteiger partial charge in [0.25, 0.3) is 5.91 Å². The van der Waals surface area contributed by atoms with Crippen LogP contribution in [0.3, 0.4) is 0 Å². The van der Waals surface area contributed by atoms with Gasteiger partial charge in [0, 0.05) is 18.8 Å². The van der Waals surface area contributed by atoms with Crippen molar-refractivity contribution in [2.45, 2.75) is 17.7 Å². The SMILES string of the molecule is COc1ccc(NC(=O)NC(=O)COC(=O)C2CCN(S(=O)(=O)c3ccc(F)cc3)CC2)cc1. The third-order valence-corrected chi connectivity index (χ3v) is 7.10. The Morgan fingerprint density at radius 2 is 1.65 bits per heavy atom. The molecule has 2 aromatic carbocycles. The van der Waals surface area contributed by atoms with Crippen LogP contribution in [0.1, 0.15) is 12.8 Å². The molecule has 1 heterocycles. The largest absolute Gasteiger partial charge is 0.497 e. The van der Waals surface area contributed by atoms with E-state index in [-0.39, 0.29) is 30.8 Å². The van der Waals surface area contributed by atoms with E-state index in [0.29, 0.717) is 11.4 Å². The average molecular weight is 494 g/mol. The van der Waals surface area contributed by atoms with Crippen LogP contribution in [0.25, 0.3) is 0 Å². The molecule has 1 fully saturated rings. The van der Waals surface area contributed by atoms with Crippen molar-refractivity contribution in [1.29, 1.82) is 0 Å². The molecule has 10 nitrogen and oxygen atoms in total. The quantitative estimate of drug-likeness (QED) is 0.565. The molecule has 3 rings (SSSR count). The number of carbonyl (C=O) groups is 3. The van der Waals surface area contributed by atoms with E-state index < -0.39 is 46.3 Å². The van der Waals surface area contributed by atoms with Gasteiger partial charge in [0.1, 0.15) is 11.6 Å². The lowest BCUT2D eigenvalue weighted by atomic mass is 9.98. The molecule has 0 atom stereocenters. The first-order chi connectivity index (χ1) is 16.2. The van der Waals surface area contributed by atoms with Crippen molar-refractivity contribution in [3.05, 3.63) is 54.3 Å². The molecule has 0 aromatic heterocycles. The fourth-order valence-electron chi connectivity index (χ4n) is 3.34. The van der Waals surface area contributed by atoms with Crippen LogP contribution in [-0.2, 0) is 24.3 Å². The van der Waals surface area contributed by atoms with Gasteiger partial charge in [-0.2, -0.15) is 4.31 Å². The molecular weight excluding hydrogens is 469 g/mol. The van der Waals surface area contributed by atoms with Crippen LogP contribution in [0.4, 0.5) is 14.9 Å². The van der Waals surface area contributed by atoms with Crippen molar-refractivity contribution in [3.8, 4) is 5.75 Å². The van der Waals surface area contributed by atoms with E-state index in [0.717, 1.165) is 12.1 Å². The first-order valence-electron chi connectivity index (χ1n) is 10.4. The molecule has 3 amide bonds. The number of sulfonamides is 1. The maximum atomic E-state index is 13.1. The van der Waals surface area contributed by atoms with E-state index in [9.17, 15) is 27.2 Å². The molecule has 0 spiro atoms. The van der Waals surface area contributed by atoms with Gasteiger partial charge in [-0.1, -0.05) is 0 Å². The topological polar surface area (TPSA) is 131 Å². The summed E-state index contributed by atoms with van der Waals surface area (Å²) in [5.74, 6) is -1.98. The Morgan fingerprint density at radius 1 is 1.03 bits per heavy atom. The number of urea groups is 1. The third kappa shape index (κ3) is 6.51. The van der Waals surface area contributed by atoms with Crippen LogP contribution in [0.15, 0.2) is 53.4 Å². The molecular formula is C22H24FN3O7S. The number of nitrogens with one attached hydrogen (secondary N) is 2. The van der Waals surface area contributed by atoms with E-state index in [4.69, 9.17) is 9.47 Å². The van der Waals surface area contributed by atoms with E-state index >= 15 is 0 Å². The number of methoxy groups -OCH3 is 1. The van der Waals surface area contributed by atoms with Gasteiger partial charge in [0.2, 0.25) is 10.0 Å². The summed E-state index contributed by atoms with van der Waals surface area (Å²) in [5.41, 5.74) is 0.436. The van der Waals surface area contributed by atoms with Crippen molar-refractivity contribution in [1.82, 2.24) is 9.62 Å². The Bertz CT molecular complexity index is 1130. The number of hydrogen-bond acceptors (Lipinski definition) is 7. The van der Waals surface area contributed by atoms with Crippen LogP contribution >= 0.6 is 0 Å². The van der Waals surface area contributed by atoms with Crippen molar-refractivity contribution in [3.63, 3.8) is 0 Å². The summed E-state index contributed by atoms with van der Waals surface area (Å²) in [7, 11) is -2.29. The van der Waals surface area contributed by atoms with Gasteiger partial charge in [0.05, 0.1) is 17.9 Å². The lowest BCUT2D eigenvalue weighted by Crippen LogP contribution is -2.41. The molecule has 1 saturated heterocycles. The number of imide groups is 1. The summed E-state index contributed by atoms with van der Waals surface area (Å²) in [6, 6.07) is 10.2. The number of piperidine rings is 1. The molecule has 0 unspecified atom stereocenters. The van der Waals surface area contributed by atoms with Gasteiger partial charge in [-0.05, 0) is 61.4 Å². The monoisotopic (exact) mass is 493 g/mol. The standard InChI is InChI=1S/C22H24FN3O7S/c1-32-18-6-4-17(5-7-18)24-22(29)25-20(27)14-33-21(28)15-10-12-26(13-11-15)34(30,31)19-8-2-16(23)3-9-19/h2-9,15H,10-14H2,1H3,(H2,24,25,27,29). The van der Waals surface area contributed by atoms with Gasteiger partial charge in [0.15, 0.2) is 6.61 Å². The fraction of sp³-hybridized carbons (Fsp3) is 0.318. The van der Waals surface area contributed by atoms with E-state index in [1.54, 1.807) is 24.3 Å². The predicted octanol–water partition coefficient (Wildman–Crippen LogP) is 2.13. The van der Waals surface area contributed by atoms with Gasteiger partial charge in [-0.3, -0.25) is 14.9 Å². The molecule has 2 aromatic rings. The number of ether oxygens (including phenoxy) is 2. The molecule has 0 aliphatic carbocycles. The number of amides is 3. The highest BCUT2D eigenvalue weighted by Gasteiger charge is 2.33. The minimum atomic E-state index is -3.80. The number of carbonyl (C=O) groups excluding carboxylic acids is 3. The maximum Gasteiger partial charge on any atom is 0.325 e. The average Bonchev–Trinajstić information content (AvgIpc) is 2.83.